The van der Waals surface area contributed by atoms with Crippen molar-refractivity contribution in [2.45, 2.75) is 26.8 Å². The first-order valence-corrected chi connectivity index (χ1v) is 12.8. The molecule has 1 atom stereocenters. The van der Waals surface area contributed by atoms with E-state index in [-0.39, 0.29) is 23.5 Å². The van der Waals surface area contributed by atoms with Crippen LogP contribution in [-0.2, 0) is 14.3 Å². The summed E-state index contributed by atoms with van der Waals surface area (Å²) in [6.07, 6.45) is 1.81. The van der Waals surface area contributed by atoms with Crippen molar-refractivity contribution in [1.29, 1.82) is 0 Å². The highest BCUT2D eigenvalue weighted by Crippen LogP contribution is 2.36. The Morgan fingerprint density at radius 1 is 1.13 bits per heavy atom. The summed E-state index contributed by atoms with van der Waals surface area (Å²) in [7, 11) is 5.38. The fourth-order valence-corrected chi connectivity index (χ4v) is 5.27. The number of methoxy groups -OCH3 is 1. The molecule has 0 saturated carbocycles. The first kappa shape index (κ1) is 26.9. The zero-order valence-corrected chi connectivity index (χ0v) is 22.9. The van der Waals surface area contributed by atoms with E-state index in [2.05, 4.69) is 4.99 Å². The Bertz CT molecular complexity index is 1600. The second kappa shape index (κ2) is 11.1. The Balaban J connectivity index is 1.91. The summed E-state index contributed by atoms with van der Waals surface area (Å²) in [5.74, 6) is -0.532. The molecule has 0 amide bonds. The number of rotatable bonds is 7. The van der Waals surface area contributed by atoms with Crippen molar-refractivity contribution >= 4 is 35.0 Å². The maximum Gasteiger partial charge on any atom is 0.338 e. The van der Waals surface area contributed by atoms with Gasteiger partial charge in [0, 0.05) is 26.7 Å². The van der Waals surface area contributed by atoms with Crippen LogP contribution in [0.5, 0.6) is 11.5 Å². The van der Waals surface area contributed by atoms with Crippen LogP contribution in [0.3, 0.4) is 0 Å². The van der Waals surface area contributed by atoms with Crippen molar-refractivity contribution in [3.63, 3.8) is 0 Å². The molecule has 0 bridgehead atoms. The minimum atomic E-state index is -0.816. The number of hydrogen-bond donors (Lipinski definition) is 0. The van der Waals surface area contributed by atoms with Crippen LogP contribution >= 0.6 is 11.3 Å². The van der Waals surface area contributed by atoms with Gasteiger partial charge in [0.05, 0.1) is 35.6 Å². The fourth-order valence-electron chi connectivity index (χ4n) is 4.22. The van der Waals surface area contributed by atoms with Gasteiger partial charge in [0.2, 0.25) is 0 Å². The molecule has 0 radical (unpaired) electrons. The molecule has 1 aliphatic rings. The number of hydrogen-bond acceptors (Lipinski definition) is 9. The van der Waals surface area contributed by atoms with Gasteiger partial charge in [-0.1, -0.05) is 29.5 Å². The highest BCUT2D eigenvalue weighted by molar-refractivity contribution is 7.07. The number of thiazole rings is 1. The van der Waals surface area contributed by atoms with Crippen molar-refractivity contribution in [1.82, 2.24) is 4.57 Å². The average Bonchev–Trinajstić information content (AvgIpc) is 3.17. The van der Waals surface area contributed by atoms with Gasteiger partial charge >= 0.3 is 11.9 Å². The number of ether oxygens (including phenoxy) is 3. The molecule has 9 nitrogen and oxygen atoms in total. The molecule has 0 fully saturated rings. The van der Waals surface area contributed by atoms with Crippen molar-refractivity contribution in [3.8, 4) is 11.5 Å². The molecule has 10 heteroatoms. The van der Waals surface area contributed by atoms with Gasteiger partial charge in [0.15, 0.2) is 16.3 Å². The van der Waals surface area contributed by atoms with Crippen molar-refractivity contribution < 1.29 is 23.8 Å². The second-order valence-corrected chi connectivity index (χ2v) is 9.80. The third-order valence-corrected chi connectivity index (χ3v) is 6.96. The molecule has 0 spiro atoms. The number of allylic oxidation sites excluding steroid dienone is 1. The van der Waals surface area contributed by atoms with E-state index in [0.29, 0.717) is 26.3 Å². The lowest BCUT2D eigenvalue weighted by atomic mass is 9.95. The topological polar surface area (TPSA) is 99.4 Å². The molecule has 0 aliphatic carbocycles. The third kappa shape index (κ3) is 5.26. The molecule has 4 rings (SSSR count). The highest BCUT2D eigenvalue weighted by atomic mass is 32.1. The smallest absolute Gasteiger partial charge is 0.338 e. The maximum atomic E-state index is 13.8. The molecular weight excluding hydrogens is 506 g/mol. The lowest BCUT2D eigenvalue weighted by Gasteiger charge is -2.25. The number of esters is 2. The largest absolute Gasteiger partial charge is 0.493 e. The second-order valence-electron chi connectivity index (χ2n) is 8.79. The molecule has 198 valence electrons. The van der Waals surface area contributed by atoms with Gasteiger partial charge in [0.25, 0.3) is 5.56 Å². The third-order valence-electron chi connectivity index (χ3n) is 5.98. The van der Waals surface area contributed by atoms with Crippen LogP contribution in [0.1, 0.15) is 37.9 Å². The molecular formula is C28H29N3O6S. The minimum absolute atomic E-state index is 0.171. The molecule has 0 unspecified atom stereocenters. The van der Waals surface area contributed by atoms with Gasteiger partial charge in [-0.3, -0.25) is 14.2 Å². The van der Waals surface area contributed by atoms with Gasteiger partial charge in [-0.05, 0) is 55.3 Å². The van der Waals surface area contributed by atoms with Crippen LogP contribution in [0.25, 0.3) is 6.08 Å². The van der Waals surface area contributed by atoms with Gasteiger partial charge in [-0.15, -0.1) is 0 Å². The van der Waals surface area contributed by atoms with Gasteiger partial charge < -0.3 is 19.1 Å². The van der Waals surface area contributed by atoms with Crippen LogP contribution in [0.4, 0.5) is 5.69 Å². The average molecular weight is 536 g/mol. The van der Waals surface area contributed by atoms with E-state index >= 15 is 0 Å². The summed E-state index contributed by atoms with van der Waals surface area (Å²) in [6, 6.07) is 12.0. The first-order valence-electron chi connectivity index (χ1n) is 12.0. The summed E-state index contributed by atoms with van der Waals surface area (Å²) in [5.41, 5.74) is 2.92. The van der Waals surface area contributed by atoms with E-state index in [9.17, 15) is 14.4 Å². The predicted molar refractivity (Wildman–Crippen MR) is 145 cm³/mol. The molecule has 3 aromatic rings. The van der Waals surface area contributed by atoms with E-state index < -0.39 is 18.0 Å². The molecule has 2 heterocycles. The lowest BCUT2D eigenvalue weighted by molar-refractivity contribution is -0.139. The molecule has 0 saturated heterocycles. The van der Waals surface area contributed by atoms with E-state index in [0.717, 1.165) is 11.3 Å². The zero-order chi connectivity index (χ0) is 27.6. The number of benzene rings is 2. The summed E-state index contributed by atoms with van der Waals surface area (Å²) in [4.78, 5) is 45.5. The predicted octanol–water partition coefficient (Wildman–Crippen LogP) is 2.80. The first-order chi connectivity index (χ1) is 18.1. The number of nitrogens with zero attached hydrogens (tertiary/aromatic N) is 3. The monoisotopic (exact) mass is 535 g/mol. The lowest BCUT2D eigenvalue weighted by Crippen LogP contribution is -2.40. The minimum Gasteiger partial charge on any atom is -0.493 e. The Labute approximate surface area is 223 Å². The Morgan fingerprint density at radius 2 is 1.84 bits per heavy atom. The van der Waals surface area contributed by atoms with Gasteiger partial charge in [-0.2, -0.15) is 0 Å². The molecule has 2 aromatic carbocycles. The van der Waals surface area contributed by atoms with Crippen molar-refractivity contribution in [3.05, 3.63) is 84.5 Å². The number of aromatic nitrogens is 1. The standard InChI is InChI=1S/C28H29N3O6S/c1-7-36-27(34)24-16(2)29-28-31(25(24)19-10-13-21(37-17(3)32)22(15-19)35-6)26(33)23(38-28)14-18-8-11-20(12-9-18)30(4)5/h8-15,25H,7H2,1-6H3/b23-14+/t25-/m1/s1. The normalized spacial score (nSPS) is 15.0. The summed E-state index contributed by atoms with van der Waals surface area (Å²) < 4.78 is 18.0. The molecule has 1 aromatic heterocycles. The van der Waals surface area contributed by atoms with Crippen LogP contribution in [0.15, 0.2) is 63.5 Å². The van der Waals surface area contributed by atoms with Crippen molar-refractivity contribution in [2.24, 2.45) is 4.99 Å². The Hall–Kier alpha value is -4.18. The Morgan fingerprint density at radius 3 is 2.45 bits per heavy atom. The number of fused-ring (bicyclic) bond motifs is 1. The van der Waals surface area contributed by atoms with Crippen LogP contribution < -0.4 is 29.3 Å². The molecule has 0 N–H and O–H groups in total. The number of anilines is 1. The quantitative estimate of drug-likeness (QED) is 0.339. The SMILES string of the molecule is CCOC(=O)C1=C(C)N=c2s/c(=C/c3ccc(N(C)C)cc3)c(=O)n2[C@@H]1c1ccc(OC(C)=O)c(OC)c1. The van der Waals surface area contributed by atoms with Crippen molar-refractivity contribution in [2.75, 3.05) is 32.7 Å². The Kier molecular flexibility index (Phi) is 7.82. The summed E-state index contributed by atoms with van der Waals surface area (Å²) in [5, 5.41) is 0. The van der Waals surface area contributed by atoms with Crippen LogP contribution in [-0.4, -0.2) is 44.3 Å². The number of carbonyl (C=O) groups excluding carboxylic acids is 2. The van der Waals surface area contributed by atoms with Crippen LogP contribution in [0, 0.1) is 0 Å². The summed E-state index contributed by atoms with van der Waals surface area (Å²) in [6.45, 7) is 4.91. The highest BCUT2D eigenvalue weighted by Gasteiger charge is 2.34. The van der Waals surface area contributed by atoms with Crippen LogP contribution in [0.2, 0.25) is 0 Å². The summed E-state index contributed by atoms with van der Waals surface area (Å²) >= 11 is 1.25. The zero-order valence-electron chi connectivity index (χ0n) is 22.1. The van der Waals surface area contributed by atoms with Gasteiger partial charge in [0.1, 0.15) is 0 Å². The van der Waals surface area contributed by atoms with E-state index in [1.54, 1.807) is 32.0 Å². The fraction of sp³-hybridized carbons (Fsp3) is 0.286. The molecule has 1 aliphatic heterocycles. The number of carbonyl (C=O) groups is 2. The maximum absolute atomic E-state index is 13.8. The van der Waals surface area contributed by atoms with Gasteiger partial charge in [-0.25, -0.2) is 9.79 Å². The van der Waals surface area contributed by atoms with E-state index in [1.807, 2.05) is 49.3 Å². The van der Waals surface area contributed by atoms with E-state index in [1.165, 1.54) is 29.9 Å². The van der Waals surface area contributed by atoms with E-state index in [4.69, 9.17) is 14.2 Å². The molecule has 38 heavy (non-hydrogen) atoms.